The number of fused-ring (bicyclic) bond motifs is 1. The first kappa shape index (κ1) is 25.0. The predicted octanol–water partition coefficient (Wildman–Crippen LogP) is 3.33. The van der Waals surface area contributed by atoms with Crippen molar-refractivity contribution in [3.05, 3.63) is 57.0 Å². The number of rotatable bonds is 8. The van der Waals surface area contributed by atoms with Crippen LogP contribution in [0.2, 0.25) is 0 Å². The molecule has 13 heteroatoms. The standard InChI is InChI=1S/C24H23N5O8/c1-5-36-15-7-11(6-14(21(15)30)29(31)32)18-13(10-25)23(26)37-24-19(18)20(27-28-24)12-8-16(33-2)22(35-4)17(9-12)34-3/h6-9,18,30H,5,26H2,1-4H3,(H,27,28). The Bertz CT molecular complexity index is 1430. The molecule has 0 bridgehead atoms. The maximum atomic E-state index is 11.7. The molecule has 0 radical (unpaired) electrons. The topological polar surface area (TPSA) is 188 Å². The van der Waals surface area contributed by atoms with Crippen LogP contribution in [-0.4, -0.2) is 48.2 Å². The van der Waals surface area contributed by atoms with E-state index in [-0.39, 0.29) is 35.3 Å². The fourth-order valence-corrected chi connectivity index (χ4v) is 4.21. The fraction of sp³-hybridized carbons (Fsp3) is 0.250. The Morgan fingerprint density at radius 3 is 2.41 bits per heavy atom. The summed E-state index contributed by atoms with van der Waals surface area (Å²) in [6.07, 6.45) is 0. The van der Waals surface area contributed by atoms with E-state index in [9.17, 15) is 20.5 Å². The summed E-state index contributed by atoms with van der Waals surface area (Å²) in [5, 5.41) is 39.2. The van der Waals surface area contributed by atoms with Gasteiger partial charge in [-0.15, -0.1) is 5.10 Å². The lowest BCUT2D eigenvalue weighted by Crippen LogP contribution is -2.21. The van der Waals surface area contributed by atoms with Crippen molar-refractivity contribution in [2.45, 2.75) is 12.8 Å². The number of hydrogen-bond donors (Lipinski definition) is 3. The van der Waals surface area contributed by atoms with E-state index in [1.165, 1.54) is 27.4 Å². The van der Waals surface area contributed by atoms with Crippen LogP contribution < -0.4 is 29.4 Å². The largest absolute Gasteiger partial charge is 0.500 e. The molecule has 0 aliphatic carbocycles. The summed E-state index contributed by atoms with van der Waals surface area (Å²) in [5.41, 5.74) is 7.02. The van der Waals surface area contributed by atoms with E-state index in [1.807, 2.05) is 6.07 Å². The molecule has 37 heavy (non-hydrogen) atoms. The summed E-state index contributed by atoms with van der Waals surface area (Å²) in [6.45, 7) is 1.81. The number of nitro groups is 1. The zero-order chi connectivity index (χ0) is 26.9. The van der Waals surface area contributed by atoms with Gasteiger partial charge < -0.3 is 34.5 Å². The van der Waals surface area contributed by atoms with Crippen molar-refractivity contribution in [3.63, 3.8) is 0 Å². The molecule has 0 saturated heterocycles. The summed E-state index contributed by atoms with van der Waals surface area (Å²) in [7, 11) is 4.41. The number of benzene rings is 2. The van der Waals surface area contributed by atoms with E-state index in [1.54, 1.807) is 19.1 Å². The van der Waals surface area contributed by atoms with Crippen LogP contribution in [0, 0.1) is 21.4 Å². The summed E-state index contributed by atoms with van der Waals surface area (Å²) >= 11 is 0. The fourth-order valence-electron chi connectivity index (χ4n) is 4.21. The van der Waals surface area contributed by atoms with Gasteiger partial charge in [-0.25, -0.2) is 0 Å². The lowest BCUT2D eigenvalue weighted by atomic mass is 9.82. The molecule has 1 unspecified atom stereocenters. The average Bonchev–Trinajstić information content (AvgIpc) is 3.31. The maximum Gasteiger partial charge on any atom is 0.314 e. The number of H-pyrrole nitrogens is 1. The first-order valence-corrected chi connectivity index (χ1v) is 10.9. The molecule has 4 N–H and O–H groups in total. The number of aromatic amines is 1. The summed E-state index contributed by atoms with van der Waals surface area (Å²) in [4.78, 5) is 11.0. The molecule has 192 valence electrons. The van der Waals surface area contributed by atoms with Gasteiger partial charge in [-0.05, 0) is 30.7 Å². The van der Waals surface area contributed by atoms with E-state index >= 15 is 0 Å². The SMILES string of the molecule is CCOc1cc(C2C(C#N)=C(N)Oc3n[nH]c(-c4cc(OC)c(OC)c(OC)c4)c32)cc([N+](=O)[O-])c1O. The van der Waals surface area contributed by atoms with Crippen molar-refractivity contribution in [1.82, 2.24) is 10.2 Å². The van der Waals surface area contributed by atoms with Crippen molar-refractivity contribution < 1.29 is 33.7 Å². The van der Waals surface area contributed by atoms with Gasteiger partial charge in [-0.1, -0.05) is 0 Å². The minimum Gasteiger partial charge on any atom is -0.500 e. The zero-order valence-corrected chi connectivity index (χ0v) is 20.3. The Labute approximate surface area is 210 Å². The van der Waals surface area contributed by atoms with Crippen molar-refractivity contribution in [2.75, 3.05) is 27.9 Å². The third kappa shape index (κ3) is 4.14. The monoisotopic (exact) mass is 509 g/mol. The molecule has 0 saturated carbocycles. The van der Waals surface area contributed by atoms with Gasteiger partial charge in [0, 0.05) is 11.6 Å². The molecular weight excluding hydrogens is 486 g/mol. The maximum absolute atomic E-state index is 11.7. The van der Waals surface area contributed by atoms with Crippen LogP contribution >= 0.6 is 0 Å². The molecule has 1 aromatic heterocycles. The quantitative estimate of drug-likeness (QED) is 0.298. The number of nitrogens with one attached hydrogen (secondary N) is 1. The van der Waals surface area contributed by atoms with Crippen molar-refractivity contribution in [3.8, 4) is 52.0 Å². The van der Waals surface area contributed by atoms with Crippen LogP contribution in [-0.2, 0) is 0 Å². The second kappa shape index (κ2) is 9.86. The van der Waals surface area contributed by atoms with Gasteiger partial charge in [-0.2, -0.15) is 5.26 Å². The minimum absolute atomic E-state index is 0.00923. The molecule has 1 aliphatic rings. The van der Waals surface area contributed by atoms with E-state index in [0.29, 0.717) is 34.1 Å². The predicted molar refractivity (Wildman–Crippen MR) is 129 cm³/mol. The van der Waals surface area contributed by atoms with Gasteiger partial charge in [0.15, 0.2) is 17.2 Å². The summed E-state index contributed by atoms with van der Waals surface area (Å²) in [5.74, 6) is -0.752. The van der Waals surface area contributed by atoms with E-state index in [4.69, 9.17) is 29.4 Å². The smallest absolute Gasteiger partial charge is 0.314 e. The van der Waals surface area contributed by atoms with Gasteiger partial charge in [0.05, 0.1) is 50.0 Å². The molecule has 1 atom stereocenters. The van der Waals surface area contributed by atoms with Crippen LogP contribution in [0.15, 0.2) is 35.7 Å². The molecular formula is C24H23N5O8. The number of allylic oxidation sites excluding steroid dienone is 1. The molecule has 0 spiro atoms. The first-order valence-electron chi connectivity index (χ1n) is 10.9. The number of hydrogen-bond acceptors (Lipinski definition) is 11. The Hall–Kier alpha value is -5.12. The highest BCUT2D eigenvalue weighted by molar-refractivity contribution is 5.75. The molecule has 2 heterocycles. The Morgan fingerprint density at radius 1 is 1.19 bits per heavy atom. The molecule has 13 nitrogen and oxygen atoms in total. The van der Waals surface area contributed by atoms with Crippen LogP contribution in [0.4, 0.5) is 5.69 Å². The molecule has 3 aromatic rings. The number of nitriles is 1. The van der Waals surface area contributed by atoms with Crippen LogP contribution in [0.3, 0.4) is 0 Å². The number of aromatic hydroxyl groups is 1. The van der Waals surface area contributed by atoms with Crippen molar-refractivity contribution in [2.24, 2.45) is 5.73 Å². The lowest BCUT2D eigenvalue weighted by Gasteiger charge is -2.25. The summed E-state index contributed by atoms with van der Waals surface area (Å²) < 4.78 is 27.4. The molecule has 1 aliphatic heterocycles. The number of ether oxygens (including phenoxy) is 5. The lowest BCUT2D eigenvalue weighted by molar-refractivity contribution is -0.386. The van der Waals surface area contributed by atoms with Crippen LogP contribution in [0.1, 0.15) is 24.0 Å². The Balaban J connectivity index is 2.01. The average molecular weight is 509 g/mol. The zero-order valence-electron chi connectivity index (χ0n) is 20.3. The van der Waals surface area contributed by atoms with E-state index in [0.717, 1.165) is 6.07 Å². The highest BCUT2D eigenvalue weighted by atomic mass is 16.6. The Morgan fingerprint density at radius 2 is 1.86 bits per heavy atom. The highest BCUT2D eigenvalue weighted by Crippen LogP contribution is 2.50. The molecule has 0 amide bonds. The number of nitrogens with two attached hydrogens (primary N) is 1. The summed E-state index contributed by atoms with van der Waals surface area (Å²) in [6, 6.07) is 7.96. The first-order chi connectivity index (χ1) is 17.8. The number of nitro benzene ring substituents is 1. The van der Waals surface area contributed by atoms with Gasteiger partial charge in [0.1, 0.15) is 11.6 Å². The highest BCUT2D eigenvalue weighted by Gasteiger charge is 2.38. The van der Waals surface area contributed by atoms with Crippen molar-refractivity contribution >= 4 is 5.69 Å². The van der Waals surface area contributed by atoms with Crippen LogP contribution in [0.25, 0.3) is 11.3 Å². The number of methoxy groups -OCH3 is 3. The third-order valence-electron chi connectivity index (χ3n) is 5.80. The molecule has 0 fully saturated rings. The number of aromatic nitrogens is 2. The van der Waals surface area contributed by atoms with Crippen molar-refractivity contribution in [1.29, 1.82) is 5.26 Å². The van der Waals surface area contributed by atoms with Gasteiger partial charge in [-0.3, -0.25) is 15.2 Å². The molecule has 2 aromatic carbocycles. The number of nitrogens with zero attached hydrogens (tertiary/aromatic N) is 3. The van der Waals surface area contributed by atoms with E-state index < -0.39 is 22.3 Å². The van der Waals surface area contributed by atoms with Gasteiger partial charge in [0.25, 0.3) is 0 Å². The Kier molecular flexibility index (Phi) is 6.66. The number of phenols is 1. The van der Waals surface area contributed by atoms with Crippen LogP contribution in [0.5, 0.6) is 34.6 Å². The van der Waals surface area contributed by atoms with Gasteiger partial charge in [0.2, 0.25) is 23.3 Å². The second-order valence-electron chi connectivity index (χ2n) is 7.73. The number of phenolic OH excluding ortho intramolecular Hbond substituents is 1. The van der Waals surface area contributed by atoms with Gasteiger partial charge >= 0.3 is 5.69 Å². The molecule has 4 rings (SSSR count). The normalized spacial score (nSPS) is 14.3. The van der Waals surface area contributed by atoms with E-state index in [2.05, 4.69) is 10.2 Å². The third-order valence-corrected chi connectivity index (χ3v) is 5.80. The second-order valence-corrected chi connectivity index (χ2v) is 7.73. The minimum atomic E-state index is -0.958.